The van der Waals surface area contributed by atoms with Gasteiger partial charge in [0, 0.05) is 58.6 Å². The van der Waals surface area contributed by atoms with E-state index in [1.54, 1.807) is 6.07 Å². The molecule has 1 unspecified atom stereocenters. The standard InChI is InChI=1S/C29H29ClF3N5O2/c1-16(39)35-26(12-17-15-34-23-5-3-2-4-21(17)23)28(40)37-20-9-7-19(8-10-20)36-25-14-27(29(31,32)33)38-24-11-6-18(30)13-22(24)25/h2-6,11,13-15,19-20,26,34H,7-10,12H2,1H3,(H,35,39)(H,36,38)(H,37,40). The summed E-state index contributed by atoms with van der Waals surface area (Å²) >= 11 is 6.11. The van der Waals surface area contributed by atoms with E-state index in [1.807, 2.05) is 30.5 Å². The highest BCUT2D eigenvalue weighted by atomic mass is 35.5. The normalized spacial score (nSPS) is 18.4. The van der Waals surface area contributed by atoms with Gasteiger partial charge in [-0.1, -0.05) is 29.8 Å². The number of nitrogens with zero attached hydrogens (tertiary/aromatic N) is 1. The van der Waals surface area contributed by atoms with Gasteiger partial charge in [0.25, 0.3) is 0 Å². The molecule has 2 aromatic carbocycles. The minimum Gasteiger partial charge on any atom is -0.382 e. The SMILES string of the molecule is CC(=O)NC(Cc1c[nH]c2ccccc12)C(=O)NC1CCC(Nc2cc(C(F)(F)F)nc3ccc(Cl)cc23)CC1. The van der Waals surface area contributed by atoms with Crippen molar-refractivity contribution in [2.45, 2.75) is 63.3 Å². The Kier molecular flexibility index (Phi) is 7.89. The van der Waals surface area contributed by atoms with Crippen LogP contribution in [0.4, 0.5) is 18.9 Å². The van der Waals surface area contributed by atoms with Crippen LogP contribution in [0.5, 0.6) is 0 Å². The molecular weight excluding hydrogens is 543 g/mol. The molecule has 1 fully saturated rings. The van der Waals surface area contributed by atoms with E-state index < -0.39 is 17.9 Å². The number of hydrogen-bond donors (Lipinski definition) is 4. The number of halogens is 4. The number of amides is 2. The molecule has 0 spiro atoms. The number of carbonyl (C=O) groups is 2. The maximum Gasteiger partial charge on any atom is 0.433 e. The van der Waals surface area contributed by atoms with Crippen molar-refractivity contribution in [2.24, 2.45) is 0 Å². The van der Waals surface area contributed by atoms with Crippen molar-refractivity contribution in [1.82, 2.24) is 20.6 Å². The molecule has 1 aliphatic carbocycles. The van der Waals surface area contributed by atoms with Crippen molar-refractivity contribution >= 4 is 50.9 Å². The molecule has 7 nitrogen and oxygen atoms in total. The molecule has 2 heterocycles. The summed E-state index contributed by atoms with van der Waals surface area (Å²) in [5.41, 5.74) is 1.46. The van der Waals surface area contributed by atoms with Gasteiger partial charge in [0.05, 0.1) is 5.52 Å². The monoisotopic (exact) mass is 571 g/mol. The largest absolute Gasteiger partial charge is 0.433 e. The smallest absolute Gasteiger partial charge is 0.382 e. The van der Waals surface area contributed by atoms with Crippen molar-refractivity contribution in [3.8, 4) is 0 Å². The first kappa shape index (κ1) is 27.8. The predicted octanol–water partition coefficient (Wildman–Crippen LogP) is 5.98. The Morgan fingerprint density at radius 2 is 1.77 bits per heavy atom. The quantitative estimate of drug-likeness (QED) is 0.219. The third-order valence-corrected chi connectivity index (χ3v) is 7.52. The second kappa shape index (κ2) is 11.4. The lowest BCUT2D eigenvalue weighted by Crippen LogP contribution is -2.51. The van der Waals surface area contributed by atoms with E-state index >= 15 is 0 Å². The number of anilines is 1. The number of para-hydroxylation sites is 1. The van der Waals surface area contributed by atoms with E-state index in [9.17, 15) is 22.8 Å². The van der Waals surface area contributed by atoms with Crippen LogP contribution in [0.15, 0.2) is 54.7 Å². The van der Waals surface area contributed by atoms with Gasteiger partial charge in [-0.3, -0.25) is 9.59 Å². The number of hydrogen-bond acceptors (Lipinski definition) is 4. The average Bonchev–Trinajstić information content (AvgIpc) is 3.31. The Bertz CT molecular complexity index is 1550. The summed E-state index contributed by atoms with van der Waals surface area (Å²) in [7, 11) is 0. The third kappa shape index (κ3) is 6.33. The number of rotatable bonds is 7. The molecule has 1 aliphatic rings. The molecule has 210 valence electrons. The molecule has 2 aromatic heterocycles. The lowest BCUT2D eigenvalue weighted by atomic mass is 9.90. The van der Waals surface area contributed by atoms with E-state index in [1.165, 1.54) is 19.1 Å². The summed E-state index contributed by atoms with van der Waals surface area (Å²) in [5, 5.41) is 11.0. The molecule has 4 aromatic rings. The highest BCUT2D eigenvalue weighted by molar-refractivity contribution is 6.31. The fraction of sp³-hybridized carbons (Fsp3) is 0.345. The van der Waals surface area contributed by atoms with E-state index in [-0.39, 0.29) is 29.4 Å². The zero-order valence-corrected chi connectivity index (χ0v) is 22.5. The van der Waals surface area contributed by atoms with E-state index in [4.69, 9.17) is 11.6 Å². The number of pyridine rings is 1. The van der Waals surface area contributed by atoms with Crippen LogP contribution in [0.2, 0.25) is 5.02 Å². The summed E-state index contributed by atoms with van der Waals surface area (Å²) < 4.78 is 40.4. The number of fused-ring (bicyclic) bond motifs is 2. The number of aromatic nitrogens is 2. The van der Waals surface area contributed by atoms with Crippen molar-refractivity contribution in [3.05, 3.63) is 71.0 Å². The average molecular weight is 572 g/mol. The summed E-state index contributed by atoms with van der Waals surface area (Å²) in [6, 6.07) is 12.5. The number of aromatic amines is 1. The lowest BCUT2D eigenvalue weighted by molar-refractivity contribution is -0.140. The fourth-order valence-corrected chi connectivity index (χ4v) is 5.51. The molecule has 1 atom stereocenters. The van der Waals surface area contributed by atoms with Gasteiger partial charge >= 0.3 is 6.18 Å². The van der Waals surface area contributed by atoms with Crippen LogP contribution in [0.25, 0.3) is 21.8 Å². The van der Waals surface area contributed by atoms with Crippen LogP contribution in [0, 0.1) is 0 Å². The highest BCUT2D eigenvalue weighted by Crippen LogP contribution is 2.35. The molecule has 2 amide bonds. The molecule has 0 aliphatic heterocycles. The molecular formula is C29H29ClF3N5O2. The third-order valence-electron chi connectivity index (χ3n) is 7.29. The van der Waals surface area contributed by atoms with E-state index in [2.05, 4.69) is 25.9 Å². The lowest BCUT2D eigenvalue weighted by Gasteiger charge is -2.31. The predicted molar refractivity (Wildman–Crippen MR) is 149 cm³/mol. The number of H-pyrrole nitrogens is 1. The fourth-order valence-electron chi connectivity index (χ4n) is 5.34. The van der Waals surface area contributed by atoms with Crippen LogP contribution >= 0.6 is 11.6 Å². The van der Waals surface area contributed by atoms with Gasteiger partial charge in [0.1, 0.15) is 11.7 Å². The second-order valence-electron chi connectivity index (χ2n) is 10.2. The molecule has 1 saturated carbocycles. The number of nitrogens with one attached hydrogen (secondary N) is 4. The van der Waals surface area contributed by atoms with Gasteiger partial charge in [0.2, 0.25) is 11.8 Å². The molecule has 0 radical (unpaired) electrons. The Balaban J connectivity index is 1.24. The first-order valence-corrected chi connectivity index (χ1v) is 13.5. The zero-order chi connectivity index (χ0) is 28.4. The van der Waals surface area contributed by atoms with Gasteiger partial charge in [-0.05, 0) is 61.6 Å². The zero-order valence-electron chi connectivity index (χ0n) is 21.7. The van der Waals surface area contributed by atoms with Crippen LogP contribution in [-0.2, 0) is 22.2 Å². The van der Waals surface area contributed by atoms with E-state index in [0.29, 0.717) is 48.2 Å². The molecule has 0 bridgehead atoms. The Morgan fingerprint density at radius 3 is 2.50 bits per heavy atom. The van der Waals surface area contributed by atoms with Gasteiger partial charge in [-0.15, -0.1) is 0 Å². The number of alkyl halides is 3. The summed E-state index contributed by atoms with van der Waals surface area (Å²) in [6.07, 6.45) is 0.172. The molecule has 11 heteroatoms. The Hall–Kier alpha value is -3.79. The Labute approximate surface area is 233 Å². The highest BCUT2D eigenvalue weighted by Gasteiger charge is 2.34. The summed E-state index contributed by atoms with van der Waals surface area (Å²) in [4.78, 5) is 32.0. The molecule has 5 rings (SSSR count). The summed E-state index contributed by atoms with van der Waals surface area (Å²) in [5.74, 6) is -0.558. The van der Waals surface area contributed by atoms with Gasteiger partial charge in [-0.2, -0.15) is 13.2 Å². The molecule has 40 heavy (non-hydrogen) atoms. The number of benzene rings is 2. The first-order valence-electron chi connectivity index (χ1n) is 13.1. The van der Waals surface area contributed by atoms with Crippen molar-refractivity contribution < 1.29 is 22.8 Å². The Morgan fingerprint density at radius 1 is 1.05 bits per heavy atom. The second-order valence-corrected chi connectivity index (χ2v) is 10.7. The maximum absolute atomic E-state index is 13.5. The summed E-state index contributed by atoms with van der Waals surface area (Å²) in [6.45, 7) is 1.38. The van der Waals surface area contributed by atoms with Crippen LogP contribution in [0.3, 0.4) is 0 Å². The molecule has 4 N–H and O–H groups in total. The maximum atomic E-state index is 13.5. The van der Waals surface area contributed by atoms with E-state index in [0.717, 1.165) is 22.5 Å². The topological polar surface area (TPSA) is 98.9 Å². The number of carbonyl (C=O) groups excluding carboxylic acids is 2. The van der Waals surface area contributed by atoms with Gasteiger partial charge in [-0.25, -0.2) is 4.98 Å². The van der Waals surface area contributed by atoms with Crippen molar-refractivity contribution in [1.29, 1.82) is 0 Å². The first-order chi connectivity index (χ1) is 19.1. The van der Waals surface area contributed by atoms with Crippen molar-refractivity contribution in [3.63, 3.8) is 0 Å². The molecule has 0 saturated heterocycles. The van der Waals surface area contributed by atoms with Crippen LogP contribution < -0.4 is 16.0 Å². The van der Waals surface area contributed by atoms with Gasteiger partial charge in [0.15, 0.2) is 0 Å². The van der Waals surface area contributed by atoms with Crippen LogP contribution in [-0.4, -0.2) is 39.9 Å². The minimum atomic E-state index is -4.58. The minimum absolute atomic E-state index is 0.0869. The van der Waals surface area contributed by atoms with Gasteiger partial charge < -0.3 is 20.9 Å². The van der Waals surface area contributed by atoms with Crippen molar-refractivity contribution in [2.75, 3.05) is 5.32 Å². The van der Waals surface area contributed by atoms with Crippen LogP contribution in [0.1, 0.15) is 43.9 Å².